The van der Waals surface area contributed by atoms with Crippen LogP contribution >= 0.6 is 11.6 Å². The molecule has 5 nitrogen and oxygen atoms in total. The highest BCUT2D eigenvalue weighted by Crippen LogP contribution is 2.22. The smallest absolute Gasteiger partial charge is 0.273 e. The van der Waals surface area contributed by atoms with E-state index in [0.29, 0.717) is 23.7 Å². The number of nitrogens with one attached hydrogen (secondary N) is 1. The molecule has 0 heterocycles. The zero-order chi connectivity index (χ0) is 12.1. The van der Waals surface area contributed by atoms with Crippen molar-refractivity contribution in [1.82, 2.24) is 5.32 Å². The molecule has 0 amide bonds. The van der Waals surface area contributed by atoms with Gasteiger partial charge in [0.05, 0.1) is 11.0 Å². The van der Waals surface area contributed by atoms with Crippen molar-refractivity contribution in [3.05, 3.63) is 38.9 Å². The van der Waals surface area contributed by atoms with E-state index in [1.54, 1.807) is 13.0 Å². The normalized spacial score (nSPS) is 12.4. The third-order valence-electron chi connectivity index (χ3n) is 1.99. The number of aliphatic hydroxyl groups excluding tert-OH is 1. The van der Waals surface area contributed by atoms with Crippen molar-refractivity contribution < 1.29 is 10.0 Å². The Labute approximate surface area is 98.2 Å². The molecule has 6 heteroatoms. The van der Waals surface area contributed by atoms with Gasteiger partial charge in [-0.05, 0) is 19.1 Å². The Morgan fingerprint density at radius 3 is 2.88 bits per heavy atom. The fraction of sp³-hybridized carbons (Fsp3) is 0.400. The summed E-state index contributed by atoms with van der Waals surface area (Å²) in [7, 11) is 0. The zero-order valence-electron chi connectivity index (χ0n) is 8.81. The number of halogens is 1. The number of nitro groups is 1. The zero-order valence-corrected chi connectivity index (χ0v) is 9.57. The van der Waals surface area contributed by atoms with Crippen LogP contribution in [0.15, 0.2) is 18.2 Å². The van der Waals surface area contributed by atoms with E-state index in [9.17, 15) is 10.1 Å². The average Bonchev–Trinajstić information content (AvgIpc) is 2.16. The van der Waals surface area contributed by atoms with Gasteiger partial charge in [0, 0.05) is 29.7 Å². The molecule has 2 N–H and O–H groups in total. The van der Waals surface area contributed by atoms with E-state index in [2.05, 4.69) is 5.32 Å². The Morgan fingerprint density at radius 2 is 2.31 bits per heavy atom. The van der Waals surface area contributed by atoms with E-state index < -0.39 is 11.0 Å². The first kappa shape index (κ1) is 12.9. The maximum atomic E-state index is 10.7. The fourth-order valence-corrected chi connectivity index (χ4v) is 1.48. The van der Waals surface area contributed by atoms with Crippen molar-refractivity contribution in [2.75, 3.05) is 6.54 Å². The molecule has 0 saturated carbocycles. The molecule has 1 atom stereocenters. The van der Waals surface area contributed by atoms with Crippen molar-refractivity contribution in [2.24, 2.45) is 0 Å². The lowest BCUT2D eigenvalue weighted by atomic mass is 10.2. The molecule has 0 bridgehead atoms. The lowest BCUT2D eigenvalue weighted by molar-refractivity contribution is -0.385. The van der Waals surface area contributed by atoms with Crippen molar-refractivity contribution in [3.8, 4) is 0 Å². The second kappa shape index (κ2) is 5.79. The highest BCUT2D eigenvalue weighted by molar-refractivity contribution is 6.30. The Morgan fingerprint density at radius 1 is 1.62 bits per heavy atom. The first-order valence-corrected chi connectivity index (χ1v) is 5.20. The Bertz CT molecular complexity index is 382. The lowest BCUT2D eigenvalue weighted by Crippen LogP contribution is -2.24. The third kappa shape index (κ3) is 3.77. The number of hydrogen-bond donors (Lipinski definition) is 2. The van der Waals surface area contributed by atoms with Crippen LogP contribution in [0.25, 0.3) is 0 Å². The van der Waals surface area contributed by atoms with Gasteiger partial charge in [-0.2, -0.15) is 0 Å². The van der Waals surface area contributed by atoms with E-state index in [0.717, 1.165) is 0 Å². The first-order valence-electron chi connectivity index (χ1n) is 4.82. The molecule has 1 rings (SSSR count). The molecule has 0 aliphatic rings. The van der Waals surface area contributed by atoms with Gasteiger partial charge in [-0.3, -0.25) is 10.1 Å². The van der Waals surface area contributed by atoms with Gasteiger partial charge in [-0.1, -0.05) is 11.6 Å². The molecule has 0 saturated heterocycles. The van der Waals surface area contributed by atoms with Gasteiger partial charge in [0.1, 0.15) is 0 Å². The summed E-state index contributed by atoms with van der Waals surface area (Å²) in [6, 6.07) is 4.41. The van der Waals surface area contributed by atoms with Crippen LogP contribution < -0.4 is 5.32 Å². The van der Waals surface area contributed by atoms with Gasteiger partial charge in [0.15, 0.2) is 0 Å². The van der Waals surface area contributed by atoms with E-state index in [1.807, 2.05) is 0 Å². The van der Waals surface area contributed by atoms with Crippen LogP contribution in [0.1, 0.15) is 12.5 Å². The minimum atomic E-state index is -0.488. The SMILES string of the molecule is C[C@H](O)CNCc1cc(Cl)ccc1[N+](=O)[O-]. The summed E-state index contributed by atoms with van der Waals surface area (Å²) >= 11 is 5.76. The second-order valence-corrected chi connectivity index (χ2v) is 3.95. The predicted molar refractivity (Wildman–Crippen MR) is 61.5 cm³/mol. The summed E-state index contributed by atoms with van der Waals surface area (Å²) in [4.78, 5) is 10.3. The molecule has 1 aromatic rings. The Hall–Kier alpha value is -1.17. The Balaban J connectivity index is 2.76. The van der Waals surface area contributed by atoms with Crippen LogP contribution in [0.5, 0.6) is 0 Å². The highest BCUT2D eigenvalue weighted by atomic mass is 35.5. The molecule has 0 aromatic heterocycles. The van der Waals surface area contributed by atoms with E-state index in [4.69, 9.17) is 16.7 Å². The number of rotatable bonds is 5. The molecule has 88 valence electrons. The van der Waals surface area contributed by atoms with Crippen molar-refractivity contribution in [1.29, 1.82) is 0 Å². The molecule has 1 aromatic carbocycles. The number of hydrogen-bond acceptors (Lipinski definition) is 4. The average molecular weight is 245 g/mol. The molecule has 0 fully saturated rings. The van der Waals surface area contributed by atoms with Crippen LogP contribution in [0.2, 0.25) is 5.02 Å². The number of nitro benzene ring substituents is 1. The van der Waals surface area contributed by atoms with Crippen molar-refractivity contribution in [2.45, 2.75) is 19.6 Å². The lowest BCUT2D eigenvalue weighted by Gasteiger charge is -2.07. The minimum absolute atomic E-state index is 0.0301. The molecule has 0 radical (unpaired) electrons. The molecule has 0 aliphatic carbocycles. The molecular weight excluding hydrogens is 232 g/mol. The van der Waals surface area contributed by atoms with E-state index >= 15 is 0 Å². The summed E-state index contributed by atoms with van der Waals surface area (Å²) in [5.41, 5.74) is 0.542. The number of benzene rings is 1. The first-order chi connectivity index (χ1) is 7.50. The molecule has 16 heavy (non-hydrogen) atoms. The standard InChI is InChI=1S/C10H13ClN2O3/c1-7(14)5-12-6-8-4-9(11)2-3-10(8)13(15)16/h2-4,7,12,14H,5-6H2,1H3/t7-/m0/s1. The van der Waals surface area contributed by atoms with Gasteiger partial charge >= 0.3 is 0 Å². The van der Waals surface area contributed by atoms with Crippen molar-refractivity contribution >= 4 is 17.3 Å². The monoisotopic (exact) mass is 244 g/mol. The largest absolute Gasteiger partial charge is 0.392 e. The van der Waals surface area contributed by atoms with Gasteiger partial charge in [0.25, 0.3) is 5.69 Å². The maximum absolute atomic E-state index is 10.7. The summed E-state index contributed by atoms with van der Waals surface area (Å²) in [5, 5.41) is 23.1. The van der Waals surface area contributed by atoms with Gasteiger partial charge in [-0.25, -0.2) is 0 Å². The third-order valence-corrected chi connectivity index (χ3v) is 2.23. The molecule has 0 unspecified atom stereocenters. The van der Waals surface area contributed by atoms with Gasteiger partial charge in [-0.15, -0.1) is 0 Å². The molecular formula is C10H13ClN2O3. The predicted octanol–water partition coefficient (Wildman–Crippen LogP) is 1.72. The fourth-order valence-electron chi connectivity index (χ4n) is 1.29. The summed E-state index contributed by atoms with van der Waals surface area (Å²) < 4.78 is 0. The van der Waals surface area contributed by atoms with Crippen LogP contribution in [0, 0.1) is 10.1 Å². The molecule has 0 aliphatic heterocycles. The van der Waals surface area contributed by atoms with E-state index in [1.165, 1.54) is 12.1 Å². The van der Waals surface area contributed by atoms with Crippen LogP contribution in [-0.2, 0) is 6.54 Å². The second-order valence-electron chi connectivity index (χ2n) is 3.51. The van der Waals surface area contributed by atoms with Crippen LogP contribution in [0.4, 0.5) is 5.69 Å². The maximum Gasteiger partial charge on any atom is 0.273 e. The van der Waals surface area contributed by atoms with Gasteiger partial charge in [0.2, 0.25) is 0 Å². The topological polar surface area (TPSA) is 75.4 Å². The summed E-state index contributed by atoms with van der Waals surface area (Å²) in [5.74, 6) is 0. The summed E-state index contributed by atoms with van der Waals surface area (Å²) in [6.07, 6.45) is -0.488. The van der Waals surface area contributed by atoms with Crippen LogP contribution in [0.3, 0.4) is 0 Å². The van der Waals surface area contributed by atoms with Gasteiger partial charge < -0.3 is 10.4 Å². The number of aliphatic hydroxyl groups is 1. The minimum Gasteiger partial charge on any atom is -0.392 e. The summed E-state index contributed by atoms with van der Waals surface area (Å²) in [6.45, 7) is 2.32. The van der Waals surface area contributed by atoms with Crippen LogP contribution in [-0.4, -0.2) is 22.7 Å². The molecule has 0 spiro atoms. The quantitative estimate of drug-likeness (QED) is 0.611. The number of nitrogens with zero attached hydrogens (tertiary/aromatic N) is 1. The van der Waals surface area contributed by atoms with E-state index in [-0.39, 0.29) is 5.69 Å². The Kier molecular flexibility index (Phi) is 4.67. The van der Waals surface area contributed by atoms with Crippen molar-refractivity contribution in [3.63, 3.8) is 0 Å². The highest BCUT2D eigenvalue weighted by Gasteiger charge is 2.13.